The molecule has 136 valence electrons. The highest BCUT2D eigenvalue weighted by molar-refractivity contribution is 5.77. The summed E-state index contributed by atoms with van der Waals surface area (Å²) in [7, 11) is 0. The summed E-state index contributed by atoms with van der Waals surface area (Å²) in [5, 5.41) is 0. The van der Waals surface area contributed by atoms with Gasteiger partial charge in [-0.05, 0) is 60.3 Å². The van der Waals surface area contributed by atoms with E-state index in [1.165, 1.54) is 0 Å². The first kappa shape index (κ1) is 17.7. The lowest BCUT2D eigenvalue weighted by molar-refractivity contribution is -0.157. The van der Waals surface area contributed by atoms with Crippen molar-refractivity contribution >= 4 is 11.9 Å². The fraction of sp³-hybridized carbons (Fsp3) is 0.895. The first-order chi connectivity index (χ1) is 11.1. The van der Waals surface area contributed by atoms with E-state index in [1.807, 2.05) is 13.8 Å². The zero-order chi connectivity index (χ0) is 17.8. The van der Waals surface area contributed by atoms with Crippen molar-refractivity contribution in [3.63, 3.8) is 0 Å². The van der Waals surface area contributed by atoms with Crippen LogP contribution in [0, 0.1) is 23.7 Å². The first-order valence-corrected chi connectivity index (χ1v) is 9.30. The predicted molar refractivity (Wildman–Crippen MR) is 90.2 cm³/mol. The summed E-state index contributed by atoms with van der Waals surface area (Å²) in [6.45, 7) is 12.7. The number of ether oxygens (including phenoxy) is 2. The summed E-state index contributed by atoms with van der Waals surface area (Å²) in [6, 6.07) is 0.614. The molecule has 1 heterocycles. The number of carbonyl (C=O) groups excluding carboxylic acids is 2. The zero-order valence-corrected chi connectivity index (χ0v) is 15.7. The molecule has 1 saturated heterocycles. The lowest BCUT2D eigenvalue weighted by Crippen LogP contribution is -2.44. The van der Waals surface area contributed by atoms with E-state index in [-0.39, 0.29) is 35.8 Å². The molecule has 0 amide bonds. The Balaban J connectivity index is 1.64. The molecule has 3 aliphatic rings. The van der Waals surface area contributed by atoms with Crippen LogP contribution in [0.25, 0.3) is 0 Å². The molecule has 3 rings (SSSR count). The lowest BCUT2D eigenvalue weighted by atomic mass is 9.72. The third-order valence-electron chi connectivity index (χ3n) is 6.30. The quantitative estimate of drug-likeness (QED) is 0.722. The van der Waals surface area contributed by atoms with Gasteiger partial charge in [0.05, 0.1) is 12.5 Å². The van der Waals surface area contributed by atoms with Gasteiger partial charge in [0.15, 0.2) is 0 Å². The molecule has 2 bridgehead atoms. The maximum Gasteiger partial charge on any atom is 0.320 e. The molecule has 1 aliphatic heterocycles. The van der Waals surface area contributed by atoms with Crippen LogP contribution in [0.4, 0.5) is 0 Å². The van der Waals surface area contributed by atoms with E-state index in [1.54, 1.807) is 0 Å². The summed E-state index contributed by atoms with van der Waals surface area (Å²) >= 11 is 0. The van der Waals surface area contributed by atoms with Gasteiger partial charge in [-0.25, -0.2) is 0 Å². The van der Waals surface area contributed by atoms with Crippen LogP contribution in [0.1, 0.15) is 54.4 Å². The third kappa shape index (κ3) is 2.85. The minimum Gasteiger partial charge on any atom is -0.461 e. The topological polar surface area (TPSA) is 55.8 Å². The largest absolute Gasteiger partial charge is 0.461 e. The van der Waals surface area contributed by atoms with Crippen molar-refractivity contribution in [1.29, 1.82) is 0 Å². The van der Waals surface area contributed by atoms with E-state index in [4.69, 9.17) is 9.47 Å². The minimum atomic E-state index is -0.436. The highest BCUT2D eigenvalue weighted by Crippen LogP contribution is 2.60. The van der Waals surface area contributed by atoms with Crippen LogP contribution < -0.4 is 0 Å². The molecule has 5 unspecified atom stereocenters. The second-order valence-corrected chi connectivity index (χ2v) is 8.86. The second-order valence-electron chi connectivity index (χ2n) is 8.86. The Morgan fingerprint density at radius 3 is 2.46 bits per heavy atom. The zero-order valence-electron chi connectivity index (χ0n) is 15.7. The van der Waals surface area contributed by atoms with Crippen molar-refractivity contribution in [2.75, 3.05) is 6.54 Å². The predicted octanol–water partition coefficient (Wildman–Crippen LogP) is 2.62. The normalized spacial score (nSPS) is 36.5. The average molecular weight is 337 g/mol. The van der Waals surface area contributed by atoms with Crippen LogP contribution in [-0.2, 0) is 19.1 Å². The molecule has 24 heavy (non-hydrogen) atoms. The van der Waals surface area contributed by atoms with Crippen LogP contribution in [0.5, 0.6) is 0 Å². The molecule has 5 atom stereocenters. The smallest absolute Gasteiger partial charge is 0.320 e. The number of fused-ring (bicyclic) bond motifs is 5. The molecule has 5 heteroatoms. The van der Waals surface area contributed by atoms with Gasteiger partial charge in [-0.15, -0.1) is 0 Å². The number of rotatable bonds is 5. The van der Waals surface area contributed by atoms with E-state index in [0.29, 0.717) is 24.5 Å². The molecule has 0 aromatic carbocycles. The molecule has 0 N–H and O–H groups in total. The summed E-state index contributed by atoms with van der Waals surface area (Å²) in [5.74, 6) is 0.591. The van der Waals surface area contributed by atoms with Crippen molar-refractivity contribution in [3.8, 4) is 0 Å². The Morgan fingerprint density at radius 2 is 1.88 bits per heavy atom. The van der Waals surface area contributed by atoms with Crippen molar-refractivity contribution < 1.29 is 19.1 Å². The molecule has 2 aliphatic carbocycles. The minimum absolute atomic E-state index is 0.0165. The summed E-state index contributed by atoms with van der Waals surface area (Å²) < 4.78 is 11.5. The number of esters is 2. The summed E-state index contributed by atoms with van der Waals surface area (Å²) in [4.78, 5) is 26.7. The van der Waals surface area contributed by atoms with Gasteiger partial charge >= 0.3 is 11.9 Å². The van der Waals surface area contributed by atoms with Gasteiger partial charge in [0.1, 0.15) is 11.7 Å². The molecular formula is C19H31NO4. The third-order valence-corrected chi connectivity index (χ3v) is 6.30. The Morgan fingerprint density at radius 1 is 1.25 bits per heavy atom. The van der Waals surface area contributed by atoms with E-state index in [2.05, 4.69) is 32.6 Å². The average Bonchev–Trinajstić information content (AvgIpc) is 3.07. The SMILES string of the molecule is CC(C)N(CC(=O)OC1CC2CC1C1C2C(=O)OC1(C)C)C(C)C. The molecule has 2 saturated carbocycles. The Bertz CT molecular complexity index is 519. The van der Waals surface area contributed by atoms with Crippen molar-refractivity contribution in [1.82, 2.24) is 4.90 Å². The van der Waals surface area contributed by atoms with E-state index in [0.717, 1.165) is 12.8 Å². The fourth-order valence-electron chi connectivity index (χ4n) is 5.44. The monoisotopic (exact) mass is 337 g/mol. The molecule has 0 radical (unpaired) electrons. The molecule has 5 nitrogen and oxygen atoms in total. The van der Waals surface area contributed by atoms with Crippen molar-refractivity contribution in [2.24, 2.45) is 23.7 Å². The van der Waals surface area contributed by atoms with E-state index >= 15 is 0 Å². The maximum atomic E-state index is 12.5. The second kappa shape index (κ2) is 6.01. The van der Waals surface area contributed by atoms with Gasteiger partial charge in [-0.3, -0.25) is 14.5 Å². The van der Waals surface area contributed by atoms with Gasteiger partial charge in [0.2, 0.25) is 0 Å². The molecular weight excluding hydrogens is 306 g/mol. The number of hydrogen-bond donors (Lipinski definition) is 0. The lowest BCUT2D eigenvalue weighted by Gasteiger charge is -2.35. The number of cyclic esters (lactones) is 1. The number of nitrogens with zero attached hydrogens (tertiary/aromatic N) is 1. The van der Waals surface area contributed by atoms with Gasteiger partial charge in [0.25, 0.3) is 0 Å². The maximum absolute atomic E-state index is 12.5. The highest BCUT2D eigenvalue weighted by Gasteiger charge is 2.66. The molecule has 3 fully saturated rings. The van der Waals surface area contributed by atoms with Crippen LogP contribution in [0.3, 0.4) is 0 Å². The molecule has 0 spiro atoms. The van der Waals surface area contributed by atoms with Gasteiger partial charge in [-0.1, -0.05) is 0 Å². The Hall–Kier alpha value is -1.10. The number of hydrogen-bond acceptors (Lipinski definition) is 5. The van der Waals surface area contributed by atoms with Crippen molar-refractivity contribution in [3.05, 3.63) is 0 Å². The van der Waals surface area contributed by atoms with Gasteiger partial charge < -0.3 is 9.47 Å². The van der Waals surface area contributed by atoms with Gasteiger partial charge in [0, 0.05) is 23.9 Å². The first-order valence-electron chi connectivity index (χ1n) is 9.30. The number of carbonyl (C=O) groups is 2. The van der Waals surface area contributed by atoms with Gasteiger partial charge in [-0.2, -0.15) is 0 Å². The Labute approximate surface area is 145 Å². The van der Waals surface area contributed by atoms with E-state index < -0.39 is 5.60 Å². The highest BCUT2D eigenvalue weighted by atomic mass is 16.6. The van der Waals surface area contributed by atoms with Crippen LogP contribution in [0.15, 0.2) is 0 Å². The van der Waals surface area contributed by atoms with Crippen LogP contribution in [-0.4, -0.2) is 47.2 Å². The van der Waals surface area contributed by atoms with Crippen LogP contribution in [0.2, 0.25) is 0 Å². The summed E-state index contributed by atoms with van der Waals surface area (Å²) in [6.07, 6.45) is 1.74. The fourth-order valence-corrected chi connectivity index (χ4v) is 5.44. The molecule has 0 aromatic heterocycles. The Kier molecular flexibility index (Phi) is 4.44. The van der Waals surface area contributed by atoms with Crippen molar-refractivity contribution in [2.45, 2.75) is 78.2 Å². The standard InChI is InChI=1S/C19H31NO4/c1-10(2)20(11(3)4)9-15(21)23-14-8-12-7-13(14)17-16(12)18(22)24-19(17,5)6/h10-14,16-17H,7-9H2,1-6H3. The summed E-state index contributed by atoms with van der Waals surface area (Å²) in [5.41, 5.74) is -0.436. The van der Waals surface area contributed by atoms with E-state index in [9.17, 15) is 9.59 Å². The van der Waals surface area contributed by atoms with Crippen LogP contribution >= 0.6 is 0 Å². The molecule has 0 aromatic rings.